The molecule has 0 unspecified atom stereocenters. The second-order valence-electron chi connectivity index (χ2n) is 13.7. The molecule has 0 bridgehead atoms. The average Bonchev–Trinajstić information content (AvgIpc) is 3.18. The Morgan fingerprint density at radius 2 is 0.709 bits per heavy atom. The number of quaternary nitrogens is 1. The Kier molecular flexibility index (Phi) is 29.1. The summed E-state index contributed by atoms with van der Waals surface area (Å²) in [4.78, 5) is 2.33. The minimum Gasteiger partial charge on any atom is -1.00 e. The Morgan fingerprint density at radius 3 is 0.945 bits per heavy atom. The molecule has 0 radical (unpaired) electrons. The third-order valence-corrected chi connectivity index (χ3v) is 9.92. The number of hydrogen-bond acceptors (Lipinski definition) is 4. The summed E-state index contributed by atoms with van der Waals surface area (Å²) in [6, 6.07) is 29.7. The van der Waals surface area contributed by atoms with Crippen LogP contribution in [-0.2, 0) is 0 Å². The predicted molar refractivity (Wildman–Crippen MR) is 248 cm³/mol. The summed E-state index contributed by atoms with van der Waals surface area (Å²) in [5.41, 5.74) is 2.89. The highest BCUT2D eigenvalue weighted by Crippen LogP contribution is 2.16. The van der Waals surface area contributed by atoms with E-state index in [4.69, 9.17) is 36.7 Å². The number of rotatable bonds is 24. The molecule has 0 heterocycles. The number of anilines is 3. The van der Waals surface area contributed by atoms with Crippen LogP contribution in [0, 0.1) is 0 Å². The molecule has 3 rings (SSSR count). The van der Waals surface area contributed by atoms with Gasteiger partial charge in [0.1, 0.15) is 0 Å². The molecule has 0 amide bonds. The third kappa shape index (κ3) is 24.2. The second kappa shape index (κ2) is 32.1. The van der Waals surface area contributed by atoms with Gasteiger partial charge in [-0.2, -0.15) is 0 Å². The van der Waals surface area contributed by atoms with E-state index in [1.807, 2.05) is 91.0 Å². The van der Waals surface area contributed by atoms with Gasteiger partial charge in [-0.05, 0) is 98.7 Å². The van der Waals surface area contributed by atoms with Gasteiger partial charge in [-0.3, -0.25) is 4.90 Å². The van der Waals surface area contributed by atoms with Crippen molar-refractivity contribution in [1.82, 2.24) is 20.9 Å². The highest BCUT2D eigenvalue weighted by atomic mass is 35.5. The molecule has 6 N–H and O–H groups in total. The number of nitrogens with one attached hydrogen (secondary N) is 6. The van der Waals surface area contributed by atoms with Gasteiger partial charge in [0, 0.05) is 56.3 Å². The van der Waals surface area contributed by atoms with Crippen LogP contribution < -0.4 is 44.3 Å². The topological polar surface area (TPSA) is 75.4 Å². The number of hydrogen-bond donors (Lipinski definition) is 6. The maximum Gasteiger partial charge on any atom is 0.170 e. The lowest BCUT2D eigenvalue weighted by molar-refractivity contribution is -0.929. The summed E-state index contributed by atoms with van der Waals surface area (Å²) in [5.74, 6) is 0. The molecule has 0 aliphatic heterocycles. The Labute approximate surface area is 356 Å². The summed E-state index contributed by atoms with van der Waals surface area (Å²) in [6.45, 7) is 19.5. The first-order chi connectivity index (χ1) is 26.3. The lowest BCUT2D eigenvalue weighted by atomic mass is 10.1. The van der Waals surface area contributed by atoms with E-state index in [2.05, 4.69) is 64.5 Å². The SMILES string of the molecule is CCCC[N+](CCCC)(CCCC)CCCC.S=C(NCCN(CCNC(=S)Nc1ccccc1)CCNC(=S)Nc1ccccc1)Nc1ccccc1.[Cl-]. The van der Waals surface area contributed by atoms with Crippen LogP contribution in [0.1, 0.15) is 79.1 Å². The van der Waals surface area contributed by atoms with Crippen molar-refractivity contribution in [1.29, 1.82) is 0 Å². The van der Waals surface area contributed by atoms with Crippen LogP contribution in [0.25, 0.3) is 0 Å². The summed E-state index contributed by atoms with van der Waals surface area (Å²) >= 11 is 16.3. The fourth-order valence-electron chi connectivity index (χ4n) is 6.05. The standard InChI is InChI=1S/C27H33N7S3.C16H36N.ClH/c35-25(31-22-10-4-1-5-11-22)28-16-19-34(20-17-29-26(36)32-23-12-6-2-7-13-23)21-18-30-27(37)33-24-14-8-3-9-15-24;1-5-9-13-17(14-10-6-2,15-11-7-3)16-12-8-4;/h1-15H,16-21H2,(H2,28,31,35)(H2,29,32,36)(H2,30,33,37);5-16H2,1-4H3;1H/q;+1;/p-1. The zero-order valence-corrected chi connectivity index (χ0v) is 37.1. The quantitative estimate of drug-likeness (QED) is 0.0461. The van der Waals surface area contributed by atoms with Crippen molar-refractivity contribution in [3.05, 3.63) is 91.0 Å². The van der Waals surface area contributed by atoms with Crippen molar-refractivity contribution in [2.75, 3.05) is 81.4 Å². The molecule has 3 aromatic carbocycles. The van der Waals surface area contributed by atoms with Crippen LogP contribution in [0.2, 0.25) is 0 Å². The molecule has 3 aromatic rings. The Hall–Kier alpha value is -3.06. The first-order valence-electron chi connectivity index (χ1n) is 20.2. The van der Waals surface area contributed by atoms with Gasteiger partial charge < -0.3 is 48.8 Å². The lowest BCUT2D eigenvalue weighted by Crippen LogP contribution is -3.00. The molecule has 0 fully saturated rings. The van der Waals surface area contributed by atoms with Crippen molar-refractivity contribution in [3.8, 4) is 0 Å². The van der Waals surface area contributed by atoms with E-state index in [0.29, 0.717) is 35.0 Å². The molecule has 12 heteroatoms. The number of unbranched alkanes of at least 4 members (excludes halogenated alkanes) is 4. The van der Waals surface area contributed by atoms with E-state index in [1.165, 1.54) is 82.0 Å². The van der Waals surface area contributed by atoms with Crippen LogP contribution >= 0.6 is 36.7 Å². The molecule has 0 aliphatic carbocycles. The zero-order valence-electron chi connectivity index (χ0n) is 33.9. The highest BCUT2D eigenvalue weighted by Gasteiger charge is 2.24. The van der Waals surface area contributed by atoms with Crippen LogP contribution in [0.15, 0.2) is 91.0 Å². The number of benzene rings is 3. The van der Waals surface area contributed by atoms with Gasteiger partial charge in [0.2, 0.25) is 0 Å². The predicted octanol–water partition coefficient (Wildman–Crippen LogP) is 6.26. The van der Waals surface area contributed by atoms with Crippen molar-refractivity contribution >= 4 is 69.1 Å². The molecule has 0 saturated carbocycles. The molecular formula is C43H69ClN8S3. The average molecular weight is 830 g/mol. The summed E-state index contributed by atoms with van der Waals surface area (Å²) in [5, 5.41) is 21.3. The number of thiocarbonyl (C=S) groups is 3. The zero-order chi connectivity index (χ0) is 39.1. The summed E-state index contributed by atoms with van der Waals surface area (Å²) in [7, 11) is 0. The van der Waals surface area contributed by atoms with E-state index in [1.54, 1.807) is 0 Å². The summed E-state index contributed by atoms with van der Waals surface area (Å²) in [6.07, 6.45) is 11.1. The van der Waals surface area contributed by atoms with Gasteiger partial charge in [0.05, 0.1) is 26.2 Å². The monoisotopic (exact) mass is 828 g/mol. The van der Waals surface area contributed by atoms with E-state index in [9.17, 15) is 0 Å². The van der Waals surface area contributed by atoms with Crippen molar-refractivity contribution in [3.63, 3.8) is 0 Å². The van der Waals surface area contributed by atoms with Crippen LogP contribution in [0.4, 0.5) is 17.1 Å². The minimum atomic E-state index is 0. The molecule has 0 saturated heterocycles. The van der Waals surface area contributed by atoms with Gasteiger partial charge in [0.25, 0.3) is 0 Å². The van der Waals surface area contributed by atoms with Crippen molar-refractivity contribution < 1.29 is 16.9 Å². The van der Waals surface area contributed by atoms with Gasteiger partial charge in [0.15, 0.2) is 15.3 Å². The summed E-state index contributed by atoms with van der Waals surface area (Å²) < 4.78 is 1.42. The van der Waals surface area contributed by atoms with Crippen LogP contribution in [0.5, 0.6) is 0 Å². The van der Waals surface area contributed by atoms with Crippen LogP contribution in [-0.4, -0.2) is 90.2 Å². The number of nitrogens with zero attached hydrogens (tertiary/aromatic N) is 2. The van der Waals surface area contributed by atoms with E-state index in [0.717, 1.165) is 36.7 Å². The van der Waals surface area contributed by atoms with E-state index >= 15 is 0 Å². The smallest absolute Gasteiger partial charge is 0.170 e. The Balaban J connectivity index is 0.000000712. The van der Waals surface area contributed by atoms with E-state index in [-0.39, 0.29) is 12.4 Å². The van der Waals surface area contributed by atoms with Gasteiger partial charge in [-0.15, -0.1) is 0 Å². The Bertz CT molecular complexity index is 1220. The van der Waals surface area contributed by atoms with Gasteiger partial charge in [-0.25, -0.2) is 0 Å². The maximum atomic E-state index is 5.44. The first-order valence-corrected chi connectivity index (χ1v) is 21.4. The van der Waals surface area contributed by atoms with E-state index < -0.39 is 0 Å². The van der Waals surface area contributed by atoms with Crippen molar-refractivity contribution in [2.24, 2.45) is 0 Å². The normalized spacial score (nSPS) is 10.6. The molecule has 0 aromatic heterocycles. The molecule has 0 aliphatic rings. The molecule has 306 valence electrons. The lowest BCUT2D eigenvalue weighted by Gasteiger charge is -2.39. The molecule has 8 nitrogen and oxygen atoms in total. The molecule has 0 atom stereocenters. The minimum absolute atomic E-state index is 0. The number of halogens is 1. The third-order valence-electron chi connectivity index (χ3n) is 9.18. The molecule has 55 heavy (non-hydrogen) atoms. The second-order valence-corrected chi connectivity index (χ2v) is 15.0. The van der Waals surface area contributed by atoms with Gasteiger partial charge in [-0.1, -0.05) is 108 Å². The Morgan fingerprint density at radius 1 is 0.455 bits per heavy atom. The molecular weight excluding hydrogens is 760 g/mol. The van der Waals surface area contributed by atoms with Crippen LogP contribution in [0.3, 0.4) is 0 Å². The molecule has 0 spiro atoms. The fraction of sp³-hybridized carbons (Fsp3) is 0.512. The first kappa shape index (κ1) is 50.0. The maximum absolute atomic E-state index is 5.44. The number of para-hydroxylation sites is 3. The van der Waals surface area contributed by atoms with Crippen molar-refractivity contribution in [2.45, 2.75) is 79.1 Å². The highest BCUT2D eigenvalue weighted by molar-refractivity contribution is 7.80. The largest absolute Gasteiger partial charge is 1.00 e. The van der Waals surface area contributed by atoms with Gasteiger partial charge >= 0.3 is 0 Å². The fourth-order valence-corrected chi connectivity index (χ4v) is 6.71.